The van der Waals surface area contributed by atoms with Crippen LogP contribution in [0.5, 0.6) is 0 Å². The second-order valence-electron chi connectivity index (χ2n) is 9.77. The first-order chi connectivity index (χ1) is 18.4. The molecule has 1 heterocycles. The number of sulfonamides is 1. The maximum atomic E-state index is 13.1. The van der Waals surface area contributed by atoms with E-state index in [0.29, 0.717) is 12.2 Å². The predicted molar refractivity (Wildman–Crippen MR) is 161 cm³/mol. The highest BCUT2D eigenvalue weighted by Crippen LogP contribution is 2.27. The molecule has 1 aromatic heterocycles. The topological polar surface area (TPSA) is 76.0 Å². The fraction of sp³-hybridized carbons (Fsp3) is 0.367. The van der Waals surface area contributed by atoms with Crippen LogP contribution >= 0.6 is 15.9 Å². The highest BCUT2D eigenvalue weighted by molar-refractivity contribution is 9.10. The summed E-state index contributed by atoms with van der Waals surface area (Å²) in [5.41, 5.74) is 4.43. The van der Waals surface area contributed by atoms with Gasteiger partial charge in [-0.15, -0.1) is 0 Å². The average Bonchev–Trinajstić information content (AvgIpc) is 3.26. The monoisotopic (exact) mass is 596 g/mol. The van der Waals surface area contributed by atoms with E-state index in [0.717, 1.165) is 45.5 Å². The predicted octanol–water partition coefficient (Wildman–Crippen LogP) is 8.27. The molecule has 6 nitrogen and oxygen atoms in total. The van der Waals surface area contributed by atoms with Gasteiger partial charge in [-0.2, -0.15) is 0 Å². The number of rotatable bonds is 14. The van der Waals surface area contributed by atoms with Crippen LogP contribution in [-0.2, 0) is 23.1 Å². The number of hydrogen-bond donors (Lipinski definition) is 2. The van der Waals surface area contributed by atoms with Gasteiger partial charge in [-0.05, 0) is 61.4 Å². The van der Waals surface area contributed by atoms with Gasteiger partial charge in [0.1, 0.15) is 0 Å². The Morgan fingerprint density at radius 1 is 0.895 bits per heavy atom. The molecule has 0 fully saturated rings. The maximum Gasteiger partial charge on any atom is 0.261 e. The van der Waals surface area contributed by atoms with Crippen LogP contribution in [0.15, 0.2) is 76.1 Å². The summed E-state index contributed by atoms with van der Waals surface area (Å²) in [7, 11) is -3.71. The molecule has 202 valence electrons. The van der Waals surface area contributed by atoms with Gasteiger partial charge in [-0.3, -0.25) is 4.72 Å². The Balaban J connectivity index is 1.49. The minimum absolute atomic E-state index is 0.237. The molecule has 8 heteroatoms. The summed E-state index contributed by atoms with van der Waals surface area (Å²) in [5, 5.41) is 3.48. The molecular weight excluding hydrogens is 560 g/mol. The summed E-state index contributed by atoms with van der Waals surface area (Å²) < 4.78 is 32.0. The summed E-state index contributed by atoms with van der Waals surface area (Å²) >= 11 is 3.54. The zero-order chi connectivity index (χ0) is 27.0. The molecule has 0 spiro atoms. The number of halogens is 1. The Kier molecular flexibility index (Phi) is 9.86. The summed E-state index contributed by atoms with van der Waals surface area (Å²) in [6.45, 7) is 5.49. The number of unbranched alkanes of at least 4 members (excludes halogenated alkanes) is 6. The Labute approximate surface area is 235 Å². The van der Waals surface area contributed by atoms with Gasteiger partial charge >= 0.3 is 0 Å². The van der Waals surface area contributed by atoms with Gasteiger partial charge in [0.25, 0.3) is 10.0 Å². The van der Waals surface area contributed by atoms with Crippen LogP contribution in [0, 0.1) is 6.92 Å². The third-order valence-corrected chi connectivity index (χ3v) is 8.59. The quantitative estimate of drug-likeness (QED) is 0.144. The number of fused-ring (bicyclic) bond motifs is 1. The summed E-state index contributed by atoms with van der Waals surface area (Å²) in [6.07, 6.45) is 8.76. The molecule has 0 saturated heterocycles. The second-order valence-corrected chi connectivity index (χ2v) is 12.4. The lowest BCUT2D eigenvalue weighted by Crippen LogP contribution is -2.15. The van der Waals surface area contributed by atoms with E-state index in [1.165, 1.54) is 38.5 Å². The molecular formula is C30H37BrN4O2S. The van der Waals surface area contributed by atoms with Crippen LogP contribution in [0.1, 0.15) is 63.0 Å². The van der Waals surface area contributed by atoms with Crippen molar-refractivity contribution in [3.05, 3.63) is 82.3 Å². The molecule has 0 bridgehead atoms. The largest absolute Gasteiger partial charge is 0.351 e. The Hall–Kier alpha value is -2.84. The Morgan fingerprint density at radius 2 is 1.61 bits per heavy atom. The average molecular weight is 598 g/mol. The van der Waals surface area contributed by atoms with Gasteiger partial charge in [0.2, 0.25) is 5.95 Å². The van der Waals surface area contributed by atoms with Crippen molar-refractivity contribution in [2.45, 2.75) is 76.8 Å². The van der Waals surface area contributed by atoms with E-state index in [-0.39, 0.29) is 4.90 Å². The molecule has 0 unspecified atom stereocenters. The van der Waals surface area contributed by atoms with Gasteiger partial charge in [0, 0.05) is 17.6 Å². The van der Waals surface area contributed by atoms with Crippen LogP contribution < -0.4 is 10.0 Å². The normalized spacial score (nSPS) is 11.7. The van der Waals surface area contributed by atoms with E-state index in [2.05, 4.69) is 43.5 Å². The van der Waals surface area contributed by atoms with Crippen molar-refractivity contribution in [2.75, 3.05) is 10.0 Å². The van der Waals surface area contributed by atoms with E-state index in [1.807, 2.05) is 37.3 Å². The molecule has 0 aliphatic heterocycles. The molecule has 0 atom stereocenters. The fourth-order valence-electron chi connectivity index (χ4n) is 4.57. The molecule has 3 aromatic carbocycles. The highest BCUT2D eigenvalue weighted by atomic mass is 79.9. The minimum Gasteiger partial charge on any atom is -0.351 e. The zero-order valence-electron chi connectivity index (χ0n) is 22.2. The number of nitrogens with zero attached hydrogens (tertiary/aromatic N) is 2. The fourth-order valence-corrected chi connectivity index (χ4v) is 6.08. The number of para-hydroxylation sites is 2. The van der Waals surface area contributed by atoms with Crippen molar-refractivity contribution >= 4 is 48.6 Å². The van der Waals surface area contributed by atoms with E-state index in [1.54, 1.807) is 30.3 Å². The van der Waals surface area contributed by atoms with E-state index < -0.39 is 10.0 Å². The molecule has 0 saturated carbocycles. The minimum atomic E-state index is -3.71. The highest BCUT2D eigenvalue weighted by Gasteiger charge is 2.17. The number of aryl methyl sites for hydroxylation is 2. The number of hydrogen-bond acceptors (Lipinski definition) is 4. The van der Waals surface area contributed by atoms with Crippen LogP contribution in [0.3, 0.4) is 0 Å². The number of imidazole rings is 1. The van der Waals surface area contributed by atoms with Gasteiger partial charge in [0.15, 0.2) is 0 Å². The van der Waals surface area contributed by atoms with Crippen molar-refractivity contribution in [3.63, 3.8) is 0 Å². The van der Waals surface area contributed by atoms with Crippen LogP contribution in [0.2, 0.25) is 0 Å². The van der Waals surface area contributed by atoms with Gasteiger partial charge in [-0.1, -0.05) is 91.2 Å². The molecule has 38 heavy (non-hydrogen) atoms. The first kappa shape index (κ1) is 28.2. The van der Waals surface area contributed by atoms with Crippen molar-refractivity contribution in [3.8, 4) is 0 Å². The van der Waals surface area contributed by atoms with E-state index >= 15 is 0 Å². The van der Waals surface area contributed by atoms with Crippen molar-refractivity contribution in [1.82, 2.24) is 9.55 Å². The zero-order valence-corrected chi connectivity index (χ0v) is 24.6. The van der Waals surface area contributed by atoms with Gasteiger partial charge in [0.05, 0.1) is 21.6 Å². The lowest BCUT2D eigenvalue weighted by atomic mass is 10.1. The van der Waals surface area contributed by atoms with Crippen LogP contribution in [0.25, 0.3) is 11.0 Å². The number of benzene rings is 3. The second kappa shape index (κ2) is 13.3. The molecule has 2 N–H and O–H groups in total. The SMILES string of the molecule is CCCCCCCCCn1c(NCc2cc(Br)ccc2NS(=O)(=O)c2ccc(C)cc2)nc2ccccc21. The number of anilines is 2. The third-order valence-electron chi connectivity index (χ3n) is 6.72. The van der Waals surface area contributed by atoms with Crippen molar-refractivity contribution < 1.29 is 8.42 Å². The first-order valence-electron chi connectivity index (χ1n) is 13.4. The lowest BCUT2D eigenvalue weighted by Gasteiger charge is -2.15. The lowest BCUT2D eigenvalue weighted by molar-refractivity contribution is 0.556. The summed E-state index contributed by atoms with van der Waals surface area (Å²) in [5.74, 6) is 0.796. The summed E-state index contributed by atoms with van der Waals surface area (Å²) in [4.78, 5) is 5.09. The number of aromatic nitrogens is 2. The van der Waals surface area contributed by atoms with Gasteiger partial charge < -0.3 is 9.88 Å². The third kappa shape index (κ3) is 7.38. The standard InChI is InChI=1S/C30H37BrN4O2S/c1-3-4-5-6-7-8-11-20-35-29-13-10-9-12-28(29)33-30(35)32-22-24-21-25(31)16-19-27(24)34-38(36,37)26-17-14-23(2)15-18-26/h9-10,12-19,21,34H,3-8,11,20,22H2,1-2H3,(H,32,33). The van der Waals surface area contributed by atoms with Crippen molar-refractivity contribution in [1.29, 1.82) is 0 Å². The molecule has 4 aromatic rings. The smallest absolute Gasteiger partial charge is 0.261 e. The van der Waals surface area contributed by atoms with Crippen LogP contribution in [0.4, 0.5) is 11.6 Å². The molecule has 0 aliphatic carbocycles. The van der Waals surface area contributed by atoms with Crippen LogP contribution in [-0.4, -0.2) is 18.0 Å². The summed E-state index contributed by atoms with van der Waals surface area (Å²) in [6, 6.07) is 20.6. The Bertz CT molecular complexity index is 1450. The van der Waals surface area contributed by atoms with E-state index in [4.69, 9.17) is 4.98 Å². The van der Waals surface area contributed by atoms with Gasteiger partial charge in [-0.25, -0.2) is 13.4 Å². The number of nitrogens with one attached hydrogen (secondary N) is 2. The first-order valence-corrected chi connectivity index (χ1v) is 15.7. The Morgan fingerprint density at radius 3 is 2.37 bits per heavy atom. The molecule has 0 aliphatic rings. The maximum absolute atomic E-state index is 13.1. The van der Waals surface area contributed by atoms with Crippen molar-refractivity contribution in [2.24, 2.45) is 0 Å². The molecule has 0 amide bonds. The molecule has 0 radical (unpaired) electrons. The molecule has 4 rings (SSSR count). The van der Waals surface area contributed by atoms with E-state index in [9.17, 15) is 8.42 Å².